The van der Waals surface area contributed by atoms with Gasteiger partial charge in [0.05, 0.1) is 12.6 Å². The van der Waals surface area contributed by atoms with Crippen LogP contribution in [0.1, 0.15) is 46.0 Å². The topological polar surface area (TPSA) is 55.8 Å². The predicted octanol–water partition coefficient (Wildman–Crippen LogP) is 1.07. The van der Waals surface area contributed by atoms with E-state index < -0.39 is 0 Å². The zero-order chi connectivity index (χ0) is 15.9. The first-order valence-electron chi connectivity index (χ1n) is 8.99. The third-order valence-corrected chi connectivity index (χ3v) is 5.07. The van der Waals surface area contributed by atoms with E-state index in [9.17, 15) is 9.90 Å². The Morgan fingerprint density at radius 3 is 2.55 bits per heavy atom. The van der Waals surface area contributed by atoms with Gasteiger partial charge < -0.3 is 10.4 Å². The summed E-state index contributed by atoms with van der Waals surface area (Å²) in [4.78, 5) is 16.7. The summed E-state index contributed by atoms with van der Waals surface area (Å²) in [5.41, 5.74) is 0. The van der Waals surface area contributed by atoms with Crippen LogP contribution in [0.2, 0.25) is 0 Å². The van der Waals surface area contributed by atoms with E-state index in [1.807, 2.05) is 6.92 Å². The molecule has 0 bridgehead atoms. The van der Waals surface area contributed by atoms with Crippen LogP contribution in [-0.2, 0) is 4.79 Å². The molecule has 2 rings (SSSR count). The number of carbonyl (C=O) groups is 1. The molecule has 1 saturated carbocycles. The molecule has 22 heavy (non-hydrogen) atoms. The predicted molar refractivity (Wildman–Crippen MR) is 88.7 cm³/mol. The van der Waals surface area contributed by atoms with Gasteiger partial charge in [-0.2, -0.15) is 0 Å². The SMILES string of the molecule is CC[C@@H](O)CN1CCN(CC(=O)NC2CCCC(C)C2)CC1. The number of aliphatic hydroxyl groups excluding tert-OH is 1. The number of nitrogens with one attached hydrogen (secondary N) is 1. The number of hydrogen-bond acceptors (Lipinski definition) is 4. The molecule has 2 aliphatic rings. The Kier molecular flexibility index (Phi) is 7.12. The molecule has 5 nitrogen and oxygen atoms in total. The highest BCUT2D eigenvalue weighted by Crippen LogP contribution is 2.23. The van der Waals surface area contributed by atoms with E-state index in [0.29, 0.717) is 12.6 Å². The number of amides is 1. The summed E-state index contributed by atoms with van der Waals surface area (Å²) < 4.78 is 0. The fraction of sp³-hybridized carbons (Fsp3) is 0.941. The van der Waals surface area contributed by atoms with E-state index in [1.165, 1.54) is 12.8 Å². The molecule has 1 amide bonds. The first-order chi connectivity index (χ1) is 10.6. The van der Waals surface area contributed by atoms with Gasteiger partial charge in [-0.3, -0.25) is 14.6 Å². The van der Waals surface area contributed by atoms with Crippen molar-refractivity contribution in [2.45, 2.75) is 58.1 Å². The van der Waals surface area contributed by atoms with Crippen molar-refractivity contribution in [3.05, 3.63) is 0 Å². The Morgan fingerprint density at radius 2 is 1.91 bits per heavy atom. The van der Waals surface area contributed by atoms with Crippen LogP contribution >= 0.6 is 0 Å². The summed E-state index contributed by atoms with van der Waals surface area (Å²) in [6.45, 7) is 9.32. The van der Waals surface area contributed by atoms with E-state index in [0.717, 1.165) is 57.9 Å². The summed E-state index contributed by atoms with van der Waals surface area (Å²) in [6.07, 6.45) is 5.40. The van der Waals surface area contributed by atoms with Gasteiger partial charge in [0, 0.05) is 38.8 Å². The highest BCUT2D eigenvalue weighted by atomic mass is 16.3. The molecule has 128 valence electrons. The summed E-state index contributed by atoms with van der Waals surface area (Å²) in [7, 11) is 0. The fourth-order valence-corrected chi connectivity index (χ4v) is 3.60. The molecule has 3 atom stereocenters. The zero-order valence-corrected chi connectivity index (χ0v) is 14.3. The van der Waals surface area contributed by atoms with Crippen LogP contribution in [-0.4, -0.2) is 72.2 Å². The smallest absolute Gasteiger partial charge is 0.234 e. The number of β-amino-alcohol motifs (C(OH)–C–C–N with tert-alkyl or cyclic N) is 1. The molecule has 0 aromatic rings. The van der Waals surface area contributed by atoms with Crippen molar-refractivity contribution < 1.29 is 9.90 Å². The summed E-state index contributed by atoms with van der Waals surface area (Å²) in [5.74, 6) is 0.925. The molecule has 5 heteroatoms. The number of hydrogen-bond donors (Lipinski definition) is 2. The van der Waals surface area contributed by atoms with E-state index >= 15 is 0 Å². The van der Waals surface area contributed by atoms with Crippen molar-refractivity contribution in [1.82, 2.24) is 15.1 Å². The standard InChI is InChI=1S/C17H33N3O2/c1-3-16(21)12-19-7-9-20(10-8-19)13-17(22)18-15-6-4-5-14(2)11-15/h14-16,21H,3-13H2,1-2H3,(H,18,22)/t14?,15?,16-/m1/s1. The number of piperazine rings is 1. The van der Waals surface area contributed by atoms with Crippen molar-refractivity contribution >= 4 is 5.91 Å². The van der Waals surface area contributed by atoms with Gasteiger partial charge in [0.25, 0.3) is 0 Å². The fourth-order valence-electron chi connectivity index (χ4n) is 3.60. The van der Waals surface area contributed by atoms with Crippen molar-refractivity contribution in [3.8, 4) is 0 Å². The third-order valence-electron chi connectivity index (χ3n) is 5.07. The van der Waals surface area contributed by atoms with E-state index in [4.69, 9.17) is 0 Å². The van der Waals surface area contributed by atoms with Crippen LogP contribution in [0.25, 0.3) is 0 Å². The molecule has 1 aliphatic heterocycles. The molecular formula is C17H33N3O2. The van der Waals surface area contributed by atoms with Gasteiger partial charge in [0.1, 0.15) is 0 Å². The molecule has 2 N–H and O–H groups in total. The lowest BCUT2D eigenvalue weighted by Gasteiger charge is -2.35. The maximum atomic E-state index is 12.2. The van der Waals surface area contributed by atoms with Gasteiger partial charge in [-0.25, -0.2) is 0 Å². The molecule has 0 aromatic heterocycles. The van der Waals surface area contributed by atoms with Crippen LogP contribution in [0.3, 0.4) is 0 Å². The van der Waals surface area contributed by atoms with Crippen molar-refractivity contribution in [2.24, 2.45) is 5.92 Å². The van der Waals surface area contributed by atoms with Crippen LogP contribution in [0.5, 0.6) is 0 Å². The van der Waals surface area contributed by atoms with Crippen LogP contribution in [0, 0.1) is 5.92 Å². The summed E-state index contributed by atoms with van der Waals surface area (Å²) >= 11 is 0. The van der Waals surface area contributed by atoms with Crippen LogP contribution in [0.15, 0.2) is 0 Å². The normalized spacial score (nSPS) is 29.2. The molecule has 1 saturated heterocycles. The van der Waals surface area contributed by atoms with Gasteiger partial charge in [0.2, 0.25) is 5.91 Å². The minimum atomic E-state index is -0.219. The molecule has 0 spiro atoms. The lowest BCUT2D eigenvalue weighted by atomic mass is 9.87. The number of aliphatic hydroxyl groups is 1. The summed E-state index contributed by atoms with van der Waals surface area (Å²) in [5, 5.41) is 12.9. The highest BCUT2D eigenvalue weighted by molar-refractivity contribution is 5.78. The third kappa shape index (κ3) is 5.86. The Bertz CT molecular complexity index is 343. The maximum absolute atomic E-state index is 12.2. The molecule has 2 unspecified atom stereocenters. The first-order valence-corrected chi connectivity index (χ1v) is 8.99. The van der Waals surface area contributed by atoms with Gasteiger partial charge in [-0.05, 0) is 25.2 Å². The van der Waals surface area contributed by atoms with E-state index in [1.54, 1.807) is 0 Å². The second-order valence-electron chi connectivity index (χ2n) is 7.18. The maximum Gasteiger partial charge on any atom is 0.234 e. The van der Waals surface area contributed by atoms with Crippen LogP contribution in [0.4, 0.5) is 0 Å². The first kappa shape index (κ1) is 17.7. The van der Waals surface area contributed by atoms with Crippen LogP contribution < -0.4 is 5.32 Å². The Balaban J connectivity index is 1.64. The van der Waals surface area contributed by atoms with Gasteiger partial charge in [0.15, 0.2) is 0 Å². The largest absolute Gasteiger partial charge is 0.392 e. The molecule has 1 heterocycles. The zero-order valence-electron chi connectivity index (χ0n) is 14.3. The number of carbonyl (C=O) groups excluding carboxylic acids is 1. The lowest BCUT2D eigenvalue weighted by molar-refractivity contribution is -0.123. The molecular weight excluding hydrogens is 278 g/mol. The molecule has 0 radical (unpaired) electrons. The minimum Gasteiger partial charge on any atom is -0.392 e. The minimum absolute atomic E-state index is 0.182. The van der Waals surface area contributed by atoms with Crippen molar-refractivity contribution in [1.29, 1.82) is 0 Å². The molecule has 0 aromatic carbocycles. The Morgan fingerprint density at radius 1 is 1.23 bits per heavy atom. The Hall–Kier alpha value is -0.650. The van der Waals surface area contributed by atoms with E-state index in [-0.39, 0.29) is 12.0 Å². The van der Waals surface area contributed by atoms with Gasteiger partial charge >= 0.3 is 0 Å². The number of nitrogens with zero attached hydrogens (tertiary/aromatic N) is 2. The Labute approximate surface area is 135 Å². The van der Waals surface area contributed by atoms with E-state index in [2.05, 4.69) is 22.0 Å². The van der Waals surface area contributed by atoms with Gasteiger partial charge in [-0.15, -0.1) is 0 Å². The second-order valence-corrected chi connectivity index (χ2v) is 7.18. The highest BCUT2D eigenvalue weighted by Gasteiger charge is 2.23. The molecule has 1 aliphatic carbocycles. The van der Waals surface area contributed by atoms with Crippen molar-refractivity contribution in [3.63, 3.8) is 0 Å². The number of rotatable bonds is 6. The van der Waals surface area contributed by atoms with Crippen molar-refractivity contribution in [2.75, 3.05) is 39.3 Å². The van der Waals surface area contributed by atoms with Gasteiger partial charge in [-0.1, -0.05) is 26.7 Å². The average Bonchev–Trinajstić information content (AvgIpc) is 2.49. The lowest BCUT2D eigenvalue weighted by Crippen LogP contribution is -2.51. The monoisotopic (exact) mass is 311 g/mol. The quantitative estimate of drug-likeness (QED) is 0.770. The molecule has 2 fully saturated rings. The second kappa shape index (κ2) is 8.85. The summed E-state index contributed by atoms with van der Waals surface area (Å²) in [6, 6.07) is 0.386. The average molecular weight is 311 g/mol.